The summed E-state index contributed by atoms with van der Waals surface area (Å²) in [4.78, 5) is 6.63. The van der Waals surface area contributed by atoms with Gasteiger partial charge in [-0.25, -0.2) is 18.1 Å². The largest absolute Gasteiger partial charge is 0.497 e. The quantitative estimate of drug-likeness (QED) is 0.615. The number of sulfonamides is 1. The van der Waals surface area contributed by atoms with Gasteiger partial charge in [-0.05, 0) is 48.6 Å². The van der Waals surface area contributed by atoms with Crippen molar-refractivity contribution in [2.75, 3.05) is 20.2 Å². The summed E-state index contributed by atoms with van der Waals surface area (Å²) >= 11 is 1.23. The molecule has 0 spiro atoms. The van der Waals surface area contributed by atoms with Gasteiger partial charge >= 0.3 is 0 Å². The van der Waals surface area contributed by atoms with Crippen LogP contribution in [0.1, 0.15) is 18.7 Å². The molecule has 0 atom stereocenters. The molecule has 0 unspecified atom stereocenters. The molecule has 29 heavy (non-hydrogen) atoms. The van der Waals surface area contributed by atoms with E-state index in [2.05, 4.69) is 14.6 Å². The van der Waals surface area contributed by atoms with Gasteiger partial charge in [0.25, 0.3) is 0 Å². The van der Waals surface area contributed by atoms with E-state index in [4.69, 9.17) is 9.15 Å². The summed E-state index contributed by atoms with van der Waals surface area (Å²) in [6.45, 7) is 2.19. The van der Waals surface area contributed by atoms with Gasteiger partial charge in [-0.15, -0.1) is 11.3 Å². The van der Waals surface area contributed by atoms with Crippen molar-refractivity contribution in [3.63, 3.8) is 0 Å². The van der Waals surface area contributed by atoms with E-state index in [1.165, 1.54) is 11.3 Å². The van der Waals surface area contributed by atoms with Crippen LogP contribution in [0, 0.1) is 0 Å². The van der Waals surface area contributed by atoms with Gasteiger partial charge in [-0.1, -0.05) is 6.07 Å². The maximum atomic E-state index is 12.4. The maximum Gasteiger partial charge on any atom is 0.250 e. The minimum absolute atomic E-state index is 0.0437. The lowest BCUT2D eigenvalue weighted by Crippen LogP contribution is -2.44. The van der Waals surface area contributed by atoms with Crippen LogP contribution in [-0.2, 0) is 16.6 Å². The fourth-order valence-electron chi connectivity index (χ4n) is 3.37. The first-order valence-electron chi connectivity index (χ1n) is 9.41. The SMILES string of the molecule is COc1ccc(-c2cnc(CN3CCC(NS(=O)(=O)c4cccs4)CC3)o2)cc1. The number of benzene rings is 1. The third-order valence-corrected chi connectivity index (χ3v) is 7.87. The van der Waals surface area contributed by atoms with Gasteiger partial charge in [-0.2, -0.15) is 0 Å². The van der Waals surface area contributed by atoms with Crippen molar-refractivity contribution < 1.29 is 17.6 Å². The molecule has 154 valence electrons. The lowest BCUT2D eigenvalue weighted by molar-refractivity contribution is 0.184. The lowest BCUT2D eigenvalue weighted by atomic mass is 10.1. The Morgan fingerprint density at radius 3 is 2.66 bits per heavy atom. The van der Waals surface area contributed by atoms with Crippen LogP contribution in [0.4, 0.5) is 0 Å². The highest BCUT2D eigenvalue weighted by atomic mass is 32.2. The van der Waals surface area contributed by atoms with E-state index < -0.39 is 10.0 Å². The molecule has 0 amide bonds. The zero-order chi connectivity index (χ0) is 20.3. The number of oxazole rings is 1. The van der Waals surface area contributed by atoms with E-state index in [9.17, 15) is 8.42 Å². The van der Waals surface area contributed by atoms with Crippen LogP contribution in [0.3, 0.4) is 0 Å². The molecule has 0 aliphatic carbocycles. The van der Waals surface area contributed by atoms with Crippen LogP contribution >= 0.6 is 11.3 Å². The number of methoxy groups -OCH3 is 1. The third kappa shape index (κ3) is 4.87. The van der Waals surface area contributed by atoms with Crippen LogP contribution in [0.15, 0.2) is 56.6 Å². The van der Waals surface area contributed by atoms with Crippen LogP contribution in [0.5, 0.6) is 5.75 Å². The number of likely N-dealkylation sites (tertiary alicyclic amines) is 1. The number of nitrogens with one attached hydrogen (secondary N) is 1. The minimum atomic E-state index is -3.42. The number of hydrogen-bond donors (Lipinski definition) is 1. The Morgan fingerprint density at radius 2 is 2.00 bits per heavy atom. The minimum Gasteiger partial charge on any atom is -0.497 e. The van der Waals surface area contributed by atoms with Crippen LogP contribution in [0.2, 0.25) is 0 Å². The van der Waals surface area contributed by atoms with E-state index in [0.717, 1.165) is 43.0 Å². The van der Waals surface area contributed by atoms with Crippen LogP contribution in [0.25, 0.3) is 11.3 Å². The summed E-state index contributed by atoms with van der Waals surface area (Å²) in [5, 5.41) is 1.77. The smallest absolute Gasteiger partial charge is 0.250 e. The highest BCUT2D eigenvalue weighted by Crippen LogP contribution is 2.24. The number of rotatable bonds is 7. The van der Waals surface area contributed by atoms with Crippen molar-refractivity contribution in [2.24, 2.45) is 0 Å². The molecular formula is C20H23N3O4S2. The summed E-state index contributed by atoms with van der Waals surface area (Å²) in [5.74, 6) is 2.18. The molecule has 9 heteroatoms. The second-order valence-corrected chi connectivity index (χ2v) is 9.84. The summed E-state index contributed by atoms with van der Waals surface area (Å²) in [5.41, 5.74) is 0.950. The van der Waals surface area contributed by atoms with Gasteiger partial charge < -0.3 is 9.15 Å². The molecule has 1 aliphatic rings. The summed E-state index contributed by atoms with van der Waals surface area (Å²) in [6.07, 6.45) is 3.26. The molecule has 7 nitrogen and oxygen atoms in total. The molecular weight excluding hydrogens is 410 g/mol. The van der Waals surface area contributed by atoms with Crippen molar-refractivity contribution in [1.82, 2.24) is 14.6 Å². The molecule has 2 aromatic heterocycles. The molecule has 1 saturated heterocycles. The Hall–Kier alpha value is -2.20. The molecule has 3 heterocycles. The maximum absolute atomic E-state index is 12.4. The second-order valence-electron chi connectivity index (χ2n) is 6.95. The Morgan fingerprint density at radius 1 is 1.24 bits per heavy atom. The molecule has 1 aliphatic heterocycles. The monoisotopic (exact) mass is 433 g/mol. The molecule has 0 saturated carbocycles. The third-order valence-electron chi connectivity index (χ3n) is 4.96. The second kappa shape index (κ2) is 8.66. The number of hydrogen-bond acceptors (Lipinski definition) is 7. The topological polar surface area (TPSA) is 84.7 Å². The van der Waals surface area contributed by atoms with Crippen molar-refractivity contribution in [2.45, 2.75) is 29.6 Å². The Labute approximate surface area is 174 Å². The van der Waals surface area contributed by atoms with Gasteiger partial charge in [0.15, 0.2) is 5.76 Å². The number of nitrogens with zero attached hydrogens (tertiary/aromatic N) is 2. The first-order valence-corrected chi connectivity index (χ1v) is 11.8. The van der Waals surface area contributed by atoms with E-state index in [-0.39, 0.29) is 6.04 Å². The predicted octanol–water partition coefficient (Wildman–Crippen LogP) is 3.35. The zero-order valence-electron chi connectivity index (χ0n) is 16.1. The first-order chi connectivity index (χ1) is 14.0. The molecule has 1 fully saturated rings. The van der Waals surface area contributed by atoms with E-state index in [1.807, 2.05) is 24.3 Å². The molecule has 0 bridgehead atoms. The number of aromatic nitrogens is 1. The highest BCUT2D eigenvalue weighted by molar-refractivity contribution is 7.91. The van der Waals surface area contributed by atoms with Gasteiger partial charge in [0.1, 0.15) is 9.96 Å². The zero-order valence-corrected chi connectivity index (χ0v) is 17.7. The molecule has 1 N–H and O–H groups in total. The fourth-order valence-corrected chi connectivity index (χ4v) is 5.68. The Balaban J connectivity index is 1.30. The normalized spacial score (nSPS) is 16.2. The average Bonchev–Trinajstić information content (AvgIpc) is 3.42. The average molecular weight is 434 g/mol. The standard InChI is InChI=1S/C20H23N3O4S2/c1-26-17-6-4-15(5-7-17)18-13-21-19(27-18)14-23-10-8-16(9-11-23)22-29(24,25)20-3-2-12-28-20/h2-7,12-13,16,22H,8-11,14H2,1H3. The van der Waals surface area contributed by atoms with Crippen molar-refractivity contribution in [3.05, 3.63) is 53.9 Å². The summed E-state index contributed by atoms with van der Waals surface area (Å²) in [6, 6.07) is 11.0. The summed E-state index contributed by atoms with van der Waals surface area (Å²) in [7, 11) is -1.78. The van der Waals surface area contributed by atoms with Gasteiger partial charge in [0.2, 0.25) is 15.9 Å². The van der Waals surface area contributed by atoms with Crippen molar-refractivity contribution in [3.8, 4) is 17.1 Å². The Kier molecular flexibility index (Phi) is 6.00. The number of thiophene rings is 1. The molecule has 4 rings (SSSR count). The van der Waals surface area contributed by atoms with Crippen molar-refractivity contribution >= 4 is 21.4 Å². The number of piperidine rings is 1. The molecule has 3 aromatic rings. The molecule has 0 radical (unpaired) electrons. The number of ether oxygens (including phenoxy) is 1. The predicted molar refractivity (Wildman–Crippen MR) is 111 cm³/mol. The Bertz CT molecular complexity index is 1020. The van der Waals surface area contributed by atoms with Crippen molar-refractivity contribution in [1.29, 1.82) is 0 Å². The first kappa shape index (κ1) is 20.1. The fraction of sp³-hybridized carbons (Fsp3) is 0.350. The van der Waals surface area contributed by atoms with Gasteiger partial charge in [-0.3, -0.25) is 4.90 Å². The lowest BCUT2D eigenvalue weighted by Gasteiger charge is -2.31. The van der Waals surface area contributed by atoms with Gasteiger partial charge in [0.05, 0.1) is 19.9 Å². The van der Waals surface area contributed by atoms with E-state index >= 15 is 0 Å². The van der Waals surface area contributed by atoms with Crippen LogP contribution in [-0.4, -0.2) is 44.5 Å². The van der Waals surface area contributed by atoms with Gasteiger partial charge in [0, 0.05) is 24.7 Å². The summed E-state index contributed by atoms with van der Waals surface area (Å²) < 4.78 is 39.0. The molecule has 1 aromatic carbocycles. The highest BCUT2D eigenvalue weighted by Gasteiger charge is 2.25. The van der Waals surface area contributed by atoms with E-state index in [0.29, 0.717) is 16.6 Å². The van der Waals surface area contributed by atoms with Crippen LogP contribution < -0.4 is 9.46 Å². The van der Waals surface area contributed by atoms with E-state index in [1.54, 1.807) is 30.8 Å².